The van der Waals surface area contributed by atoms with Crippen molar-refractivity contribution in [2.75, 3.05) is 13.1 Å². The molecule has 1 saturated heterocycles. The average Bonchev–Trinajstić information content (AvgIpc) is 2.29. The highest BCUT2D eigenvalue weighted by molar-refractivity contribution is 6.29. The van der Waals surface area contributed by atoms with E-state index in [0.717, 1.165) is 0 Å². The lowest BCUT2D eigenvalue weighted by molar-refractivity contribution is 0.0546. The Hall–Kier alpha value is -1.13. The SMILES string of the molecule is O=C(c1ccnc(Cl)c1)N1CCC(O)CC1. The molecule has 2 rings (SSSR count). The quantitative estimate of drug-likeness (QED) is 0.754. The number of aromatic nitrogens is 1. The maximum atomic E-state index is 12.0. The molecule has 0 radical (unpaired) electrons. The van der Waals surface area contributed by atoms with Gasteiger partial charge < -0.3 is 10.0 Å². The maximum Gasteiger partial charge on any atom is 0.254 e. The van der Waals surface area contributed by atoms with E-state index in [1.807, 2.05) is 0 Å². The highest BCUT2D eigenvalue weighted by atomic mass is 35.5. The zero-order valence-electron chi connectivity index (χ0n) is 8.77. The normalized spacial score (nSPS) is 17.5. The van der Waals surface area contributed by atoms with Gasteiger partial charge in [0.2, 0.25) is 0 Å². The minimum atomic E-state index is -0.273. The van der Waals surface area contributed by atoms with E-state index in [1.165, 1.54) is 6.20 Å². The molecule has 1 aromatic heterocycles. The molecule has 1 aliphatic rings. The molecule has 1 aromatic rings. The third-order valence-corrected chi connectivity index (χ3v) is 2.93. The van der Waals surface area contributed by atoms with Crippen LogP contribution in [0.15, 0.2) is 18.3 Å². The second-order valence-electron chi connectivity index (χ2n) is 3.89. The fourth-order valence-corrected chi connectivity index (χ4v) is 1.96. The van der Waals surface area contributed by atoms with Crippen molar-refractivity contribution in [2.45, 2.75) is 18.9 Å². The Morgan fingerprint density at radius 3 is 2.81 bits per heavy atom. The van der Waals surface area contributed by atoms with E-state index < -0.39 is 0 Å². The van der Waals surface area contributed by atoms with Crippen molar-refractivity contribution < 1.29 is 9.90 Å². The summed E-state index contributed by atoms with van der Waals surface area (Å²) in [5.74, 6) is -0.0452. The van der Waals surface area contributed by atoms with Crippen LogP contribution in [0.5, 0.6) is 0 Å². The maximum absolute atomic E-state index is 12.0. The predicted molar refractivity (Wildman–Crippen MR) is 60.4 cm³/mol. The monoisotopic (exact) mass is 240 g/mol. The van der Waals surface area contributed by atoms with Crippen LogP contribution in [-0.4, -0.2) is 40.1 Å². The van der Waals surface area contributed by atoms with Gasteiger partial charge >= 0.3 is 0 Å². The lowest BCUT2D eigenvalue weighted by atomic mass is 10.1. The number of likely N-dealkylation sites (tertiary alicyclic amines) is 1. The Kier molecular flexibility index (Phi) is 3.41. The van der Waals surface area contributed by atoms with Gasteiger partial charge in [-0.3, -0.25) is 4.79 Å². The van der Waals surface area contributed by atoms with Gasteiger partial charge in [-0.05, 0) is 25.0 Å². The standard InChI is InChI=1S/C11H13ClN2O2/c12-10-7-8(1-4-13-10)11(16)14-5-2-9(15)3-6-14/h1,4,7,9,15H,2-3,5-6H2. The Labute approximate surface area is 98.9 Å². The number of carbonyl (C=O) groups excluding carboxylic acids is 1. The second kappa shape index (κ2) is 4.80. The van der Waals surface area contributed by atoms with Crippen molar-refractivity contribution in [3.8, 4) is 0 Å². The van der Waals surface area contributed by atoms with Crippen LogP contribution in [0.3, 0.4) is 0 Å². The summed E-state index contributed by atoms with van der Waals surface area (Å²) >= 11 is 5.73. The zero-order chi connectivity index (χ0) is 11.5. The molecule has 0 spiro atoms. The number of rotatable bonds is 1. The molecule has 1 amide bonds. The number of carbonyl (C=O) groups is 1. The Bertz CT molecular complexity index is 389. The molecule has 0 saturated carbocycles. The van der Waals surface area contributed by atoms with Crippen LogP contribution in [0.1, 0.15) is 23.2 Å². The number of hydrogen-bond acceptors (Lipinski definition) is 3. The van der Waals surface area contributed by atoms with E-state index >= 15 is 0 Å². The second-order valence-corrected chi connectivity index (χ2v) is 4.28. The Morgan fingerprint density at radius 2 is 2.19 bits per heavy atom. The van der Waals surface area contributed by atoms with Crippen molar-refractivity contribution in [3.05, 3.63) is 29.0 Å². The van der Waals surface area contributed by atoms with Gasteiger partial charge in [-0.15, -0.1) is 0 Å². The summed E-state index contributed by atoms with van der Waals surface area (Å²) in [6.45, 7) is 1.19. The van der Waals surface area contributed by atoms with Crippen molar-refractivity contribution in [1.82, 2.24) is 9.88 Å². The summed E-state index contributed by atoms with van der Waals surface area (Å²) in [4.78, 5) is 17.6. The summed E-state index contributed by atoms with van der Waals surface area (Å²) in [7, 11) is 0. The van der Waals surface area contributed by atoms with Crippen molar-refractivity contribution >= 4 is 17.5 Å². The highest BCUT2D eigenvalue weighted by Gasteiger charge is 2.22. The molecule has 1 aliphatic heterocycles. The number of amides is 1. The summed E-state index contributed by atoms with van der Waals surface area (Å²) in [5, 5.41) is 9.68. The average molecular weight is 241 g/mol. The van der Waals surface area contributed by atoms with Crippen LogP contribution in [0.25, 0.3) is 0 Å². The Balaban J connectivity index is 2.08. The molecule has 0 atom stereocenters. The summed E-state index contributed by atoms with van der Waals surface area (Å²) in [5.41, 5.74) is 0.552. The van der Waals surface area contributed by atoms with Crippen molar-refractivity contribution in [2.24, 2.45) is 0 Å². The minimum Gasteiger partial charge on any atom is -0.393 e. The molecule has 0 aromatic carbocycles. The first-order valence-electron chi connectivity index (χ1n) is 5.26. The van der Waals surface area contributed by atoms with Crippen LogP contribution >= 0.6 is 11.6 Å². The topological polar surface area (TPSA) is 53.4 Å². The first-order valence-corrected chi connectivity index (χ1v) is 5.63. The van der Waals surface area contributed by atoms with Gasteiger partial charge in [0.25, 0.3) is 5.91 Å². The first-order chi connectivity index (χ1) is 7.66. The molecule has 5 heteroatoms. The number of piperidine rings is 1. The predicted octanol–water partition coefficient (Wildman–Crippen LogP) is 1.33. The minimum absolute atomic E-state index is 0.0452. The third-order valence-electron chi connectivity index (χ3n) is 2.73. The van der Waals surface area contributed by atoms with Gasteiger partial charge in [0.05, 0.1) is 6.10 Å². The van der Waals surface area contributed by atoms with Gasteiger partial charge in [-0.1, -0.05) is 11.6 Å². The number of pyridine rings is 1. The van der Waals surface area contributed by atoms with Crippen molar-refractivity contribution in [3.63, 3.8) is 0 Å². The molecule has 0 bridgehead atoms. The highest BCUT2D eigenvalue weighted by Crippen LogP contribution is 2.15. The molecule has 4 nitrogen and oxygen atoms in total. The van der Waals surface area contributed by atoms with Gasteiger partial charge in [0, 0.05) is 24.8 Å². The van der Waals surface area contributed by atoms with Crippen LogP contribution in [0.2, 0.25) is 5.15 Å². The molecule has 1 fully saturated rings. The molecule has 2 heterocycles. The van der Waals surface area contributed by atoms with E-state index in [9.17, 15) is 9.90 Å². The fraction of sp³-hybridized carbons (Fsp3) is 0.455. The third kappa shape index (κ3) is 2.51. The zero-order valence-corrected chi connectivity index (χ0v) is 9.52. The largest absolute Gasteiger partial charge is 0.393 e. The van der Waals surface area contributed by atoms with Crippen molar-refractivity contribution in [1.29, 1.82) is 0 Å². The van der Waals surface area contributed by atoms with Crippen LogP contribution in [-0.2, 0) is 0 Å². The van der Waals surface area contributed by atoms with Gasteiger partial charge in [0.1, 0.15) is 5.15 Å². The summed E-state index contributed by atoms with van der Waals surface area (Å²) < 4.78 is 0. The lowest BCUT2D eigenvalue weighted by Gasteiger charge is -2.29. The number of aliphatic hydroxyl groups is 1. The smallest absolute Gasteiger partial charge is 0.254 e. The lowest BCUT2D eigenvalue weighted by Crippen LogP contribution is -2.40. The van der Waals surface area contributed by atoms with Crippen LogP contribution in [0.4, 0.5) is 0 Å². The molecule has 1 N–H and O–H groups in total. The molecule has 0 aliphatic carbocycles. The fourth-order valence-electron chi connectivity index (χ4n) is 1.79. The van der Waals surface area contributed by atoms with E-state index in [-0.39, 0.29) is 12.0 Å². The molecule has 16 heavy (non-hydrogen) atoms. The van der Waals surface area contributed by atoms with E-state index in [4.69, 9.17) is 11.6 Å². The number of hydrogen-bond donors (Lipinski definition) is 1. The van der Waals surface area contributed by atoms with E-state index in [1.54, 1.807) is 17.0 Å². The van der Waals surface area contributed by atoms with Gasteiger partial charge in [-0.2, -0.15) is 0 Å². The number of nitrogens with zero attached hydrogens (tertiary/aromatic N) is 2. The van der Waals surface area contributed by atoms with E-state index in [2.05, 4.69) is 4.98 Å². The van der Waals surface area contributed by atoms with E-state index in [0.29, 0.717) is 36.6 Å². The number of aliphatic hydroxyl groups excluding tert-OH is 1. The molecular formula is C11H13ClN2O2. The Morgan fingerprint density at radius 1 is 1.50 bits per heavy atom. The first kappa shape index (κ1) is 11.4. The molecule has 0 unspecified atom stereocenters. The van der Waals surface area contributed by atoms with Crippen LogP contribution in [0, 0.1) is 0 Å². The van der Waals surface area contributed by atoms with Gasteiger partial charge in [0.15, 0.2) is 0 Å². The number of halogens is 1. The summed E-state index contributed by atoms with van der Waals surface area (Å²) in [6, 6.07) is 3.22. The molecular weight excluding hydrogens is 228 g/mol. The van der Waals surface area contributed by atoms with Crippen LogP contribution < -0.4 is 0 Å². The molecule has 86 valence electrons. The van der Waals surface area contributed by atoms with Gasteiger partial charge in [-0.25, -0.2) is 4.98 Å². The summed E-state index contributed by atoms with van der Waals surface area (Å²) in [6.07, 6.45) is 2.54.